The quantitative estimate of drug-likeness (QED) is 0.817. The second-order valence-corrected chi connectivity index (χ2v) is 9.77. The van der Waals surface area contributed by atoms with Crippen molar-refractivity contribution in [3.8, 4) is 0 Å². The molecule has 6 nitrogen and oxygen atoms in total. The van der Waals surface area contributed by atoms with Crippen LogP contribution in [0.1, 0.15) is 31.7 Å². The van der Waals surface area contributed by atoms with Crippen molar-refractivity contribution in [1.29, 1.82) is 0 Å². The van der Waals surface area contributed by atoms with Crippen molar-refractivity contribution >= 4 is 27.3 Å². The number of rotatable bonds is 5. The molecule has 7 heteroatoms. The monoisotopic (exact) mass is 413 g/mol. The number of carbonyl (C=O) groups is 1. The third-order valence-electron chi connectivity index (χ3n) is 5.80. The lowest BCUT2D eigenvalue weighted by Gasteiger charge is -2.36. The van der Waals surface area contributed by atoms with Gasteiger partial charge in [0.15, 0.2) is 0 Å². The van der Waals surface area contributed by atoms with E-state index >= 15 is 0 Å². The Balaban J connectivity index is 1.48. The molecule has 29 heavy (non-hydrogen) atoms. The summed E-state index contributed by atoms with van der Waals surface area (Å²) in [5.74, 6) is -0.149. The number of hydrogen-bond donors (Lipinski definition) is 1. The van der Waals surface area contributed by atoms with E-state index in [1.807, 2.05) is 12.1 Å². The number of fused-ring (bicyclic) bond motifs is 1. The Labute approximate surface area is 172 Å². The molecule has 0 saturated carbocycles. The second-order valence-electron chi connectivity index (χ2n) is 7.83. The van der Waals surface area contributed by atoms with Crippen LogP contribution < -0.4 is 10.2 Å². The largest absolute Gasteiger partial charge is 0.359 e. The van der Waals surface area contributed by atoms with E-state index in [-0.39, 0.29) is 23.4 Å². The van der Waals surface area contributed by atoms with E-state index in [2.05, 4.69) is 29.3 Å². The molecule has 0 aliphatic carbocycles. The maximum absolute atomic E-state index is 12.8. The molecule has 0 aromatic heterocycles. The van der Waals surface area contributed by atoms with Crippen LogP contribution in [0.25, 0.3) is 0 Å². The third-order valence-corrected chi connectivity index (χ3v) is 7.69. The van der Waals surface area contributed by atoms with Crippen LogP contribution in [0.4, 0.5) is 11.4 Å². The number of hydrogen-bond acceptors (Lipinski definition) is 4. The highest BCUT2D eigenvalue weighted by Crippen LogP contribution is 2.30. The first-order valence-electron chi connectivity index (χ1n) is 10.2. The van der Waals surface area contributed by atoms with Crippen LogP contribution in [0, 0.1) is 0 Å². The van der Waals surface area contributed by atoms with Crippen LogP contribution in [0.15, 0.2) is 53.4 Å². The lowest BCUT2D eigenvalue weighted by molar-refractivity contribution is -0.115. The zero-order chi connectivity index (χ0) is 20.4. The van der Waals surface area contributed by atoms with E-state index < -0.39 is 10.0 Å². The van der Waals surface area contributed by atoms with Crippen molar-refractivity contribution in [2.24, 2.45) is 0 Å². The van der Waals surface area contributed by atoms with Gasteiger partial charge in [0.2, 0.25) is 15.9 Å². The van der Waals surface area contributed by atoms with Crippen LogP contribution in [0.5, 0.6) is 0 Å². The smallest absolute Gasteiger partial charge is 0.243 e. The zero-order valence-corrected chi connectivity index (χ0v) is 17.5. The van der Waals surface area contributed by atoms with Gasteiger partial charge in [-0.15, -0.1) is 0 Å². The minimum absolute atomic E-state index is 0.149. The van der Waals surface area contributed by atoms with E-state index in [1.54, 1.807) is 24.3 Å². The van der Waals surface area contributed by atoms with Gasteiger partial charge < -0.3 is 10.2 Å². The first-order valence-corrected chi connectivity index (χ1v) is 11.6. The Morgan fingerprint density at radius 2 is 1.86 bits per heavy atom. The fraction of sp³-hybridized carbons (Fsp3) is 0.409. The molecule has 2 heterocycles. The molecule has 1 N–H and O–H groups in total. The summed E-state index contributed by atoms with van der Waals surface area (Å²) in [6.45, 7) is 3.49. The van der Waals surface area contributed by atoms with Gasteiger partial charge >= 0.3 is 0 Å². The summed E-state index contributed by atoms with van der Waals surface area (Å²) in [5.41, 5.74) is 2.87. The molecule has 0 spiro atoms. The number of anilines is 2. The Hall–Kier alpha value is -2.38. The van der Waals surface area contributed by atoms with Crippen LogP contribution in [-0.4, -0.2) is 44.3 Å². The lowest BCUT2D eigenvalue weighted by Crippen LogP contribution is -2.42. The number of carbonyl (C=O) groups excluding carboxylic acids is 1. The standard InChI is InChI=1S/C22H27N3O3S/c1-17-11-12-18-7-2-3-10-21(18)25(17)16-22(26)23-19-8-6-9-20(15-19)29(27,28)24-13-4-5-14-24/h2-3,6-10,15,17H,4-5,11-14,16H2,1H3,(H,23,26). The molecule has 1 amide bonds. The molecule has 1 unspecified atom stereocenters. The first-order chi connectivity index (χ1) is 13.9. The highest BCUT2D eigenvalue weighted by atomic mass is 32.2. The van der Waals surface area contributed by atoms with Gasteiger partial charge in [0.1, 0.15) is 0 Å². The average Bonchev–Trinajstić information content (AvgIpc) is 3.26. The topological polar surface area (TPSA) is 69.7 Å². The number of benzene rings is 2. The summed E-state index contributed by atoms with van der Waals surface area (Å²) in [4.78, 5) is 15.1. The molecule has 2 aliphatic rings. The zero-order valence-electron chi connectivity index (χ0n) is 16.7. The van der Waals surface area contributed by atoms with E-state index in [4.69, 9.17) is 0 Å². The summed E-state index contributed by atoms with van der Waals surface area (Å²) in [7, 11) is -3.50. The second kappa shape index (κ2) is 8.16. The van der Waals surface area contributed by atoms with E-state index in [9.17, 15) is 13.2 Å². The Bertz CT molecular complexity index is 1000. The van der Waals surface area contributed by atoms with Gasteiger partial charge in [0.05, 0.1) is 11.4 Å². The van der Waals surface area contributed by atoms with Crippen molar-refractivity contribution in [1.82, 2.24) is 4.31 Å². The fourth-order valence-corrected chi connectivity index (χ4v) is 5.73. The predicted octanol–water partition coefficient (Wildman–Crippen LogP) is 3.25. The maximum atomic E-state index is 12.8. The maximum Gasteiger partial charge on any atom is 0.243 e. The molecule has 0 bridgehead atoms. The van der Waals surface area contributed by atoms with Crippen LogP contribution in [0.2, 0.25) is 0 Å². The summed E-state index contributed by atoms with van der Waals surface area (Å²) >= 11 is 0. The molecular formula is C22H27N3O3S. The van der Waals surface area contributed by atoms with Crippen LogP contribution in [-0.2, 0) is 21.2 Å². The van der Waals surface area contributed by atoms with Gasteiger partial charge in [-0.05, 0) is 62.4 Å². The van der Waals surface area contributed by atoms with Gasteiger partial charge in [0, 0.05) is 30.5 Å². The van der Waals surface area contributed by atoms with E-state index in [0.29, 0.717) is 18.8 Å². The average molecular weight is 414 g/mol. The van der Waals surface area contributed by atoms with Crippen molar-refractivity contribution in [3.63, 3.8) is 0 Å². The highest BCUT2D eigenvalue weighted by molar-refractivity contribution is 7.89. The number of amides is 1. The summed E-state index contributed by atoms with van der Waals surface area (Å²) in [6.07, 6.45) is 3.82. The number of aryl methyl sites for hydroxylation is 1. The molecule has 4 rings (SSSR count). The number of para-hydroxylation sites is 1. The van der Waals surface area contributed by atoms with Crippen molar-refractivity contribution < 1.29 is 13.2 Å². The van der Waals surface area contributed by atoms with Crippen molar-refractivity contribution in [2.45, 2.75) is 43.5 Å². The summed E-state index contributed by atoms with van der Waals surface area (Å²) in [6, 6.07) is 15.0. The van der Waals surface area contributed by atoms with Crippen LogP contribution in [0.3, 0.4) is 0 Å². The normalized spacial score (nSPS) is 19.8. The molecular weight excluding hydrogens is 386 g/mol. The molecule has 2 aliphatic heterocycles. The van der Waals surface area contributed by atoms with Gasteiger partial charge in [0.25, 0.3) is 0 Å². The predicted molar refractivity (Wildman–Crippen MR) is 115 cm³/mol. The molecule has 1 saturated heterocycles. The highest BCUT2D eigenvalue weighted by Gasteiger charge is 2.28. The van der Waals surface area contributed by atoms with Crippen molar-refractivity contribution in [2.75, 3.05) is 29.9 Å². The van der Waals surface area contributed by atoms with E-state index in [0.717, 1.165) is 31.4 Å². The molecule has 0 radical (unpaired) electrons. The number of sulfonamides is 1. The van der Waals surface area contributed by atoms with Gasteiger partial charge in [-0.1, -0.05) is 24.3 Å². The summed E-state index contributed by atoms with van der Waals surface area (Å²) in [5, 5.41) is 2.88. The molecule has 1 fully saturated rings. The third kappa shape index (κ3) is 4.16. The SMILES string of the molecule is CC1CCc2ccccc2N1CC(=O)Nc1cccc(S(=O)(=O)N2CCCC2)c1. The Morgan fingerprint density at radius 3 is 2.66 bits per heavy atom. The molecule has 2 aromatic carbocycles. The van der Waals surface area contributed by atoms with Gasteiger partial charge in [-0.2, -0.15) is 4.31 Å². The fourth-order valence-electron chi connectivity index (χ4n) is 4.17. The molecule has 1 atom stereocenters. The first kappa shape index (κ1) is 19.9. The Morgan fingerprint density at radius 1 is 1.10 bits per heavy atom. The van der Waals surface area contributed by atoms with Crippen LogP contribution >= 0.6 is 0 Å². The van der Waals surface area contributed by atoms with E-state index in [1.165, 1.54) is 9.87 Å². The molecule has 2 aromatic rings. The van der Waals surface area contributed by atoms with Gasteiger partial charge in [-0.3, -0.25) is 4.79 Å². The number of nitrogens with one attached hydrogen (secondary N) is 1. The van der Waals surface area contributed by atoms with Gasteiger partial charge in [-0.25, -0.2) is 8.42 Å². The summed E-state index contributed by atoms with van der Waals surface area (Å²) < 4.78 is 27.1. The Kier molecular flexibility index (Phi) is 5.61. The number of nitrogens with zero attached hydrogens (tertiary/aromatic N) is 2. The lowest BCUT2D eigenvalue weighted by atomic mass is 9.96. The molecule has 154 valence electrons. The minimum atomic E-state index is -3.50. The minimum Gasteiger partial charge on any atom is -0.359 e. The van der Waals surface area contributed by atoms with Crippen molar-refractivity contribution in [3.05, 3.63) is 54.1 Å².